The molecule has 8 heteroatoms. The Bertz CT molecular complexity index is 419. The van der Waals surface area contributed by atoms with Gasteiger partial charge >= 0.3 is 6.18 Å². The summed E-state index contributed by atoms with van der Waals surface area (Å²) in [7, 11) is 1.38. The molecule has 94 valence electrons. The fourth-order valence-corrected chi connectivity index (χ4v) is 1.07. The number of hydrogen-bond acceptors (Lipinski definition) is 3. The maximum Gasteiger partial charge on any atom is 0.405 e. The molecule has 0 atom stereocenters. The SMILES string of the molecule is CNc1nccc(C(=O)NCC(F)(F)F)c1F. The van der Waals surface area contributed by atoms with Gasteiger partial charge in [0.05, 0.1) is 5.56 Å². The number of halogens is 4. The molecule has 4 nitrogen and oxygen atoms in total. The Hall–Kier alpha value is -1.86. The smallest absolute Gasteiger partial charge is 0.371 e. The first-order valence-electron chi connectivity index (χ1n) is 4.52. The van der Waals surface area contributed by atoms with Crippen LogP contribution in [0.15, 0.2) is 12.3 Å². The normalized spacial score (nSPS) is 11.1. The van der Waals surface area contributed by atoms with Crippen molar-refractivity contribution in [2.45, 2.75) is 6.18 Å². The van der Waals surface area contributed by atoms with Crippen LogP contribution in [0, 0.1) is 5.82 Å². The van der Waals surface area contributed by atoms with E-state index in [4.69, 9.17) is 0 Å². The van der Waals surface area contributed by atoms with Crippen LogP contribution in [0.25, 0.3) is 0 Å². The molecule has 0 fully saturated rings. The largest absolute Gasteiger partial charge is 0.405 e. The molecule has 0 aromatic carbocycles. The molecule has 1 amide bonds. The number of nitrogens with one attached hydrogen (secondary N) is 2. The second-order valence-electron chi connectivity index (χ2n) is 3.07. The van der Waals surface area contributed by atoms with Crippen molar-refractivity contribution in [3.05, 3.63) is 23.6 Å². The third kappa shape index (κ3) is 3.58. The molecular formula is C9H9F4N3O. The van der Waals surface area contributed by atoms with Crippen LogP contribution in [0.4, 0.5) is 23.4 Å². The number of pyridine rings is 1. The Morgan fingerprint density at radius 3 is 2.65 bits per heavy atom. The van der Waals surface area contributed by atoms with Crippen LogP contribution < -0.4 is 10.6 Å². The number of aromatic nitrogens is 1. The van der Waals surface area contributed by atoms with E-state index in [0.717, 1.165) is 12.3 Å². The second-order valence-corrected chi connectivity index (χ2v) is 3.07. The zero-order valence-electron chi connectivity index (χ0n) is 8.73. The Labute approximate surface area is 94.0 Å². The van der Waals surface area contributed by atoms with Gasteiger partial charge in [0.15, 0.2) is 11.6 Å². The van der Waals surface area contributed by atoms with Crippen LogP contribution in [0.2, 0.25) is 0 Å². The number of carbonyl (C=O) groups excluding carboxylic acids is 1. The van der Waals surface area contributed by atoms with Crippen molar-refractivity contribution in [1.29, 1.82) is 0 Å². The lowest BCUT2D eigenvalue weighted by molar-refractivity contribution is -0.123. The fraction of sp³-hybridized carbons (Fsp3) is 0.333. The maximum atomic E-state index is 13.5. The number of anilines is 1. The molecule has 1 aromatic rings. The minimum absolute atomic E-state index is 0.204. The summed E-state index contributed by atoms with van der Waals surface area (Å²) in [6.07, 6.45) is -3.41. The number of nitrogens with zero attached hydrogens (tertiary/aromatic N) is 1. The number of rotatable bonds is 3. The summed E-state index contributed by atoms with van der Waals surface area (Å²) >= 11 is 0. The molecule has 0 aliphatic carbocycles. The molecule has 0 aliphatic rings. The molecule has 1 rings (SSSR count). The van der Waals surface area contributed by atoms with E-state index in [9.17, 15) is 22.4 Å². The van der Waals surface area contributed by atoms with Crippen molar-refractivity contribution in [2.24, 2.45) is 0 Å². The molecule has 1 aromatic heterocycles. The molecule has 17 heavy (non-hydrogen) atoms. The van der Waals surface area contributed by atoms with Crippen molar-refractivity contribution in [2.75, 3.05) is 18.9 Å². The zero-order chi connectivity index (χ0) is 13.1. The van der Waals surface area contributed by atoms with Gasteiger partial charge in [-0.05, 0) is 6.07 Å². The lowest BCUT2D eigenvalue weighted by Gasteiger charge is -2.09. The van der Waals surface area contributed by atoms with Gasteiger partial charge in [-0.15, -0.1) is 0 Å². The minimum atomic E-state index is -4.54. The first-order valence-corrected chi connectivity index (χ1v) is 4.52. The maximum absolute atomic E-state index is 13.5. The van der Waals surface area contributed by atoms with Gasteiger partial charge in [0.1, 0.15) is 6.54 Å². The predicted molar refractivity (Wildman–Crippen MR) is 52.1 cm³/mol. The third-order valence-corrected chi connectivity index (χ3v) is 1.82. The van der Waals surface area contributed by atoms with E-state index in [1.54, 1.807) is 5.32 Å². The molecular weight excluding hydrogens is 242 g/mol. The first-order chi connectivity index (χ1) is 7.85. The second kappa shape index (κ2) is 4.98. The summed E-state index contributed by atoms with van der Waals surface area (Å²) in [4.78, 5) is 14.8. The zero-order valence-corrected chi connectivity index (χ0v) is 8.73. The fourth-order valence-electron chi connectivity index (χ4n) is 1.07. The number of alkyl halides is 3. The van der Waals surface area contributed by atoms with Crippen molar-refractivity contribution < 1.29 is 22.4 Å². The van der Waals surface area contributed by atoms with Gasteiger partial charge in [-0.2, -0.15) is 13.2 Å². The van der Waals surface area contributed by atoms with E-state index in [1.807, 2.05) is 0 Å². The van der Waals surface area contributed by atoms with Gasteiger partial charge in [0.25, 0.3) is 5.91 Å². The molecule has 0 unspecified atom stereocenters. The summed E-state index contributed by atoms with van der Waals surface area (Å²) in [6.45, 7) is -1.51. The van der Waals surface area contributed by atoms with Crippen LogP contribution in [-0.4, -0.2) is 30.7 Å². The average Bonchev–Trinajstić information content (AvgIpc) is 2.25. The summed E-state index contributed by atoms with van der Waals surface area (Å²) in [6, 6.07) is 1.00. The Kier molecular flexibility index (Phi) is 3.87. The first kappa shape index (κ1) is 13.2. The summed E-state index contributed by atoms with van der Waals surface area (Å²) in [5.74, 6) is -2.34. The number of carbonyl (C=O) groups is 1. The Morgan fingerprint density at radius 2 is 2.12 bits per heavy atom. The van der Waals surface area contributed by atoms with Gasteiger partial charge in [-0.3, -0.25) is 4.79 Å². The van der Waals surface area contributed by atoms with E-state index in [1.165, 1.54) is 7.05 Å². The standard InChI is InChI=1S/C9H9F4N3O/c1-14-7-6(10)5(2-3-15-7)8(17)16-4-9(11,12)13/h2-3H,4H2,1H3,(H,14,15)(H,16,17). The molecule has 0 aliphatic heterocycles. The van der Waals surface area contributed by atoms with Crippen molar-refractivity contribution in [1.82, 2.24) is 10.3 Å². The summed E-state index contributed by atoms with van der Waals surface area (Å²) < 4.78 is 49.0. The van der Waals surface area contributed by atoms with Gasteiger partial charge in [-0.1, -0.05) is 0 Å². The van der Waals surface area contributed by atoms with E-state index in [0.29, 0.717) is 0 Å². The van der Waals surface area contributed by atoms with Crippen molar-refractivity contribution in [3.63, 3.8) is 0 Å². The highest BCUT2D eigenvalue weighted by Gasteiger charge is 2.28. The molecule has 0 spiro atoms. The Balaban J connectivity index is 2.83. The predicted octanol–water partition coefficient (Wildman–Crippen LogP) is 1.55. The van der Waals surface area contributed by atoms with E-state index >= 15 is 0 Å². The molecule has 0 radical (unpaired) electrons. The number of hydrogen-bond donors (Lipinski definition) is 2. The van der Waals surface area contributed by atoms with Gasteiger partial charge in [0, 0.05) is 13.2 Å². The Morgan fingerprint density at radius 1 is 1.47 bits per heavy atom. The minimum Gasteiger partial charge on any atom is -0.371 e. The van der Waals surface area contributed by atoms with Crippen LogP contribution in [0.3, 0.4) is 0 Å². The summed E-state index contributed by atoms with van der Waals surface area (Å²) in [5.41, 5.74) is -0.492. The molecule has 2 N–H and O–H groups in total. The number of amides is 1. The monoisotopic (exact) mass is 251 g/mol. The van der Waals surface area contributed by atoms with Crippen LogP contribution in [0.1, 0.15) is 10.4 Å². The average molecular weight is 251 g/mol. The van der Waals surface area contributed by atoms with Crippen LogP contribution in [0.5, 0.6) is 0 Å². The van der Waals surface area contributed by atoms with Crippen LogP contribution in [-0.2, 0) is 0 Å². The van der Waals surface area contributed by atoms with Gasteiger partial charge in [0.2, 0.25) is 0 Å². The molecule has 0 saturated heterocycles. The van der Waals surface area contributed by atoms with E-state index in [2.05, 4.69) is 10.3 Å². The highest BCUT2D eigenvalue weighted by molar-refractivity contribution is 5.95. The van der Waals surface area contributed by atoms with Crippen molar-refractivity contribution >= 4 is 11.7 Å². The van der Waals surface area contributed by atoms with Gasteiger partial charge < -0.3 is 10.6 Å². The highest BCUT2D eigenvalue weighted by atomic mass is 19.4. The van der Waals surface area contributed by atoms with Crippen LogP contribution >= 0.6 is 0 Å². The highest BCUT2D eigenvalue weighted by Crippen LogP contribution is 2.16. The lowest BCUT2D eigenvalue weighted by atomic mass is 10.2. The van der Waals surface area contributed by atoms with Gasteiger partial charge in [-0.25, -0.2) is 9.37 Å². The van der Waals surface area contributed by atoms with E-state index < -0.39 is 30.0 Å². The quantitative estimate of drug-likeness (QED) is 0.801. The topological polar surface area (TPSA) is 54.0 Å². The summed E-state index contributed by atoms with van der Waals surface area (Å²) in [5, 5.41) is 3.95. The van der Waals surface area contributed by atoms with E-state index in [-0.39, 0.29) is 5.82 Å². The molecule has 0 saturated carbocycles. The lowest BCUT2D eigenvalue weighted by Crippen LogP contribution is -2.34. The molecule has 1 heterocycles. The van der Waals surface area contributed by atoms with Crippen molar-refractivity contribution in [3.8, 4) is 0 Å². The molecule has 0 bridgehead atoms. The third-order valence-electron chi connectivity index (χ3n) is 1.82.